The maximum Gasteiger partial charge on any atom is 0.303 e. The minimum Gasteiger partial charge on any atom is -0.489 e. The Morgan fingerprint density at radius 2 is 2.22 bits per heavy atom. The highest BCUT2D eigenvalue weighted by atomic mass is 35.5. The fraction of sp³-hybridized carbons (Fsp3) is 0.294. The van der Waals surface area contributed by atoms with Crippen molar-refractivity contribution in [2.24, 2.45) is 0 Å². The summed E-state index contributed by atoms with van der Waals surface area (Å²) in [5, 5.41) is 12.5. The molecule has 1 heterocycles. The van der Waals surface area contributed by atoms with Crippen LogP contribution in [0.25, 0.3) is 0 Å². The van der Waals surface area contributed by atoms with Crippen LogP contribution in [-0.4, -0.2) is 22.6 Å². The van der Waals surface area contributed by atoms with E-state index in [-0.39, 0.29) is 6.42 Å². The summed E-state index contributed by atoms with van der Waals surface area (Å²) >= 11 is 6.04. The Kier molecular flexibility index (Phi) is 6.84. The summed E-state index contributed by atoms with van der Waals surface area (Å²) in [6.07, 6.45) is 4.23. The van der Waals surface area contributed by atoms with E-state index in [2.05, 4.69) is 10.3 Å². The van der Waals surface area contributed by atoms with Crippen molar-refractivity contribution < 1.29 is 14.6 Å². The molecule has 0 aliphatic heterocycles. The van der Waals surface area contributed by atoms with Crippen LogP contribution in [0.3, 0.4) is 0 Å². The number of aromatic nitrogens is 1. The molecule has 23 heavy (non-hydrogen) atoms. The zero-order valence-corrected chi connectivity index (χ0v) is 13.4. The summed E-state index contributed by atoms with van der Waals surface area (Å²) in [4.78, 5) is 14.5. The smallest absolute Gasteiger partial charge is 0.303 e. The molecule has 0 spiro atoms. The molecule has 2 rings (SSSR count). The topological polar surface area (TPSA) is 71.5 Å². The molecule has 5 nitrogen and oxygen atoms in total. The molecule has 122 valence electrons. The Morgan fingerprint density at radius 1 is 1.35 bits per heavy atom. The van der Waals surface area contributed by atoms with Gasteiger partial charge in [-0.15, -0.1) is 0 Å². The maximum absolute atomic E-state index is 10.5. The lowest BCUT2D eigenvalue weighted by molar-refractivity contribution is -0.137. The average molecular weight is 335 g/mol. The van der Waals surface area contributed by atoms with E-state index in [1.165, 1.54) is 0 Å². The van der Waals surface area contributed by atoms with E-state index in [4.69, 9.17) is 21.4 Å². The summed E-state index contributed by atoms with van der Waals surface area (Å²) in [7, 11) is 0. The van der Waals surface area contributed by atoms with Gasteiger partial charge in [-0.05, 0) is 37.2 Å². The second kappa shape index (κ2) is 9.12. The zero-order valence-electron chi connectivity index (χ0n) is 12.7. The molecule has 2 aromatic rings. The number of hydrogen-bond acceptors (Lipinski definition) is 4. The van der Waals surface area contributed by atoms with Crippen molar-refractivity contribution in [2.75, 3.05) is 6.54 Å². The minimum atomic E-state index is -0.782. The highest BCUT2D eigenvalue weighted by Gasteiger charge is 2.06. The van der Waals surface area contributed by atoms with E-state index in [1.807, 2.05) is 24.3 Å². The second-order valence-corrected chi connectivity index (χ2v) is 5.51. The molecule has 0 aliphatic rings. The van der Waals surface area contributed by atoms with Crippen LogP contribution in [0.2, 0.25) is 5.02 Å². The first kappa shape index (κ1) is 17.2. The number of pyridine rings is 1. The predicted octanol–water partition coefficient (Wildman–Crippen LogP) is 3.27. The monoisotopic (exact) mass is 334 g/mol. The Bertz CT molecular complexity index is 635. The van der Waals surface area contributed by atoms with Gasteiger partial charge >= 0.3 is 5.97 Å². The van der Waals surface area contributed by atoms with Gasteiger partial charge in [-0.25, -0.2) is 0 Å². The summed E-state index contributed by atoms with van der Waals surface area (Å²) in [5.74, 6) is -0.0287. The zero-order chi connectivity index (χ0) is 16.5. The summed E-state index contributed by atoms with van der Waals surface area (Å²) < 4.78 is 5.84. The Balaban J connectivity index is 1.90. The molecule has 6 heteroatoms. The number of rotatable bonds is 9. The molecule has 1 aromatic heterocycles. The van der Waals surface area contributed by atoms with Gasteiger partial charge in [0.25, 0.3) is 0 Å². The van der Waals surface area contributed by atoms with Crippen LogP contribution in [0, 0.1) is 0 Å². The Hall–Kier alpha value is -2.11. The van der Waals surface area contributed by atoms with Crippen molar-refractivity contribution in [2.45, 2.75) is 26.0 Å². The van der Waals surface area contributed by atoms with Gasteiger partial charge in [0.15, 0.2) is 0 Å². The highest BCUT2D eigenvalue weighted by Crippen LogP contribution is 2.23. The van der Waals surface area contributed by atoms with E-state index < -0.39 is 5.97 Å². The van der Waals surface area contributed by atoms with Crippen LogP contribution in [0.1, 0.15) is 24.0 Å². The quantitative estimate of drug-likeness (QED) is 0.689. The number of nitrogens with zero attached hydrogens (tertiary/aromatic N) is 1. The molecule has 0 atom stereocenters. The van der Waals surface area contributed by atoms with Crippen LogP contribution in [0.4, 0.5) is 0 Å². The van der Waals surface area contributed by atoms with Gasteiger partial charge in [0.1, 0.15) is 12.4 Å². The van der Waals surface area contributed by atoms with Gasteiger partial charge < -0.3 is 15.2 Å². The fourth-order valence-electron chi connectivity index (χ4n) is 2.06. The summed E-state index contributed by atoms with van der Waals surface area (Å²) in [6, 6.07) is 9.30. The van der Waals surface area contributed by atoms with Gasteiger partial charge in [-0.2, -0.15) is 0 Å². The average Bonchev–Trinajstić information content (AvgIpc) is 2.54. The van der Waals surface area contributed by atoms with Crippen molar-refractivity contribution in [1.82, 2.24) is 10.3 Å². The van der Waals surface area contributed by atoms with Crippen molar-refractivity contribution in [3.8, 4) is 5.75 Å². The lowest BCUT2D eigenvalue weighted by atomic mass is 10.2. The number of nitrogens with one attached hydrogen (secondary N) is 1. The first-order valence-corrected chi connectivity index (χ1v) is 7.75. The molecule has 0 amide bonds. The van der Waals surface area contributed by atoms with Crippen molar-refractivity contribution in [3.05, 3.63) is 58.9 Å². The lowest BCUT2D eigenvalue weighted by Gasteiger charge is -2.12. The number of hydrogen-bond donors (Lipinski definition) is 2. The van der Waals surface area contributed by atoms with E-state index in [1.54, 1.807) is 18.5 Å². The fourth-order valence-corrected chi connectivity index (χ4v) is 2.25. The number of aliphatic carboxylic acids is 1. The van der Waals surface area contributed by atoms with Gasteiger partial charge in [0.2, 0.25) is 0 Å². The van der Waals surface area contributed by atoms with Gasteiger partial charge in [0, 0.05) is 41.5 Å². The summed E-state index contributed by atoms with van der Waals surface area (Å²) in [6.45, 7) is 1.63. The Morgan fingerprint density at radius 3 is 2.96 bits per heavy atom. The third-order valence-corrected chi connectivity index (χ3v) is 3.43. The van der Waals surface area contributed by atoms with Gasteiger partial charge in [-0.3, -0.25) is 9.78 Å². The first-order chi connectivity index (χ1) is 11.1. The molecule has 1 aromatic carbocycles. The van der Waals surface area contributed by atoms with Crippen LogP contribution < -0.4 is 10.1 Å². The highest BCUT2D eigenvalue weighted by molar-refractivity contribution is 6.30. The number of ether oxygens (including phenoxy) is 1. The van der Waals surface area contributed by atoms with Gasteiger partial charge in [0.05, 0.1) is 0 Å². The minimum absolute atomic E-state index is 0.160. The largest absolute Gasteiger partial charge is 0.489 e. The van der Waals surface area contributed by atoms with E-state index in [0.717, 1.165) is 16.9 Å². The molecule has 0 unspecified atom stereocenters. The number of benzene rings is 1. The van der Waals surface area contributed by atoms with E-state index in [9.17, 15) is 4.79 Å². The van der Waals surface area contributed by atoms with E-state index in [0.29, 0.717) is 31.1 Å². The standard InChI is InChI=1S/C17H19ClN2O3/c18-15-5-6-16(23-12-13-3-1-7-19-10-13)14(9-15)11-20-8-2-4-17(21)22/h1,3,5-7,9-10,20H,2,4,8,11-12H2,(H,21,22). The number of carbonyl (C=O) groups is 1. The molecule has 0 aliphatic carbocycles. The van der Waals surface area contributed by atoms with Crippen LogP contribution >= 0.6 is 11.6 Å². The summed E-state index contributed by atoms with van der Waals surface area (Å²) in [5.41, 5.74) is 1.93. The predicted molar refractivity (Wildman–Crippen MR) is 88.6 cm³/mol. The normalized spacial score (nSPS) is 10.5. The van der Waals surface area contributed by atoms with Crippen molar-refractivity contribution in [1.29, 1.82) is 0 Å². The van der Waals surface area contributed by atoms with Crippen molar-refractivity contribution >= 4 is 17.6 Å². The van der Waals surface area contributed by atoms with Crippen LogP contribution in [0.15, 0.2) is 42.7 Å². The number of halogens is 1. The molecule has 2 N–H and O–H groups in total. The second-order valence-electron chi connectivity index (χ2n) is 5.08. The molecule has 0 bridgehead atoms. The Labute approximate surface area is 140 Å². The number of carboxylic acid groups (broad SMARTS) is 1. The third-order valence-electron chi connectivity index (χ3n) is 3.20. The molecular weight excluding hydrogens is 316 g/mol. The molecule has 0 fully saturated rings. The maximum atomic E-state index is 10.5. The van der Waals surface area contributed by atoms with Crippen LogP contribution in [0.5, 0.6) is 5.75 Å². The van der Waals surface area contributed by atoms with E-state index >= 15 is 0 Å². The molecular formula is C17H19ClN2O3. The SMILES string of the molecule is O=C(O)CCCNCc1cc(Cl)ccc1OCc1cccnc1. The molecule has 0 saturated carbocycles. The van der Waals surface area contributed by atoms with Gasteiger partial charge in [-0.1, -0.05) is 17.7 Å². The molecule has 0 saturated heterocycles. The lowest BCUT2D eigenvalue weighted by Crippen LogP contribution is -2.16. The third kappa shape index (κ3) is 6.26. The molecule has 0 radical (unpaired) electrons. The van der Waals surface area contributed by atoms with Crippen molar-refractivity contribution in [3.63, 3.8) is 0 Å². The first-order valence-electron chi connectivity index (χ1n) is 7.38. The number of carboxylic acids is 1. The van der Waals surface area contributed by atoms with Crippen LogP contribution in [-0.2, 0) is 17.9 Å².